The maximum atomic E-state index is 8.89. The molecule has 58 heavy (non-hydrogen) atoms. The standard InChI is InChI=1S/C32H58N8.4C2H4O2.2Zn/c1-9-33-11-19-39(17-3-15-37-25-21-35(13-1)22-26-37)29-31-5-7-32(8-6-31)30-40-18-4-16-38-27-23-36(24-28-38)14-2-10-34-12-20-40;4*1-2(3)4;;/h5-8,33-34H,1-4,9-30H2;4*1H3,(H,3,4);;/q;;;;;2*+2/p-4. The molecule has 322 valence electrons. The van der Waals surface area contributed by atoms with E-state index in [0.717, 1.165) is 80.1 Å². The van der Waals surface area contributed by atoms with Gasteiger partial charge in [-0.05, 0) is 117 Å². The SMILES string of the molecule is CC(=O)[O-].CC(=O)[O-].CC(=O)[O-].CC(=O)[O-].[Zn+2].[Zn+2].c1cc(CN2CCCN3CCN(CCCNCC2)CC3)ccc1CN1CCCN2CCN(CCCNCC1)CC2. The third kappa shape index (κ3) is 34.8. The van der Waals surface area contributed by atoms with Gasteiger partial charge < -0.3 is 69.8 Å². The summed E-state index contributed by atoms with van der Waals surface area (Å²) >= 11 is 0. The van der Waals surface area contributed by atoms with Crippen LogP contribution in [0.4, 0.5) is 0 Å². The molecule has 18 heteroatoms. The summed E-state index contributed by atoms with van der Waals surface area (Å²) < 4.78 is 0. The number of carboxylic acids is 4. The summed E-state index contributed by atoms with van der Waals surface area (Å²) in [5.74, 6) is -4.33. The number of piperazine rings is 2. The molecule has 6 aliphatic rings. The van der Waals surface area contributed by atoms with Gasteiger partial charge in [0.05, 0.1) is 0 Å². The van der Waals surface area contributed by atoms with Crippen molar-refractivity contribution in [1.29, 1.82) is 0 Å². The molecule has 6 aliphatic heterocycles. The smallest absolute Gasteiger partial charge is 0.550 e. The summed E-state index contributed by atoms with van der Waals surface area (Å²) in [6, 6.07) is 9.59. The second kappa shape index (κ2) is 36.8. The Hall–Kier alpha value is -1.97. The first-order chi connectivity index (χ1) is 26.7. The molecule has 6 fully saturated rings. The Balaban J connectivity index is 0. The number of aliphatic carboxylic acids is 4. The Morgan fingerprint density at radius 1 is 0.414 bits per heavy atom. The van der Waals surface area contributed by atoms with Crippen molar-refractivity contribution in [3.05, 3.63) is 35.4 Å². The van der Waals surface area contributed by atoms with Gasteiger partial charge in [0, 0.05) is 116 Å². The zero-order valence-corrected chi connectivity index (χ0v) is 42.0. The normalized spacial score (nSPS) is 23.4. The van der Waals surface area contributed by atoms with Gasteiger partial charge in [0.15, 0.2) is 0 Å². The first-order valence-electron chi connectivity index (χ1n) is 20.3. The molecule has 6 saturated heterocycles. The number of carbonyl (C=O) groups excluding carboxylic acids is 4. The van der Waals surface area contributed by atoms with E-state index in [1.54, 1.807) is 0 Å². The van der Waals surface area contributed by atoms with Crippen molar-refractivity contribution >= 4 is 23.9 Å². The van der Waals surface area contributed by atoms with E-state index in [2.05, 4.69) is 64.3 Å². The molecule has 0 saturated carbocycles. The van der Waals surface area contributed by atoms with Gasteiger partial charge in [0.1, 0.15) is 0 Å². The van der Waals surface area contributed by atoms with Crippen molar-refractivity contribution in [2.75, 3.05) is 131 Å². The molecule has 2 N–H and O–H groups in total. The van der Waals surface area contributed by atoms with Crippen LogP contribution in [-0.4, -0.2) is 184 Å². The zero-order valence-electron chi connectivity index (χ0n) is 36.1. The molecule has 16 nitrogen and oxygen atoms in total. The monoisotopic (exact) mass is 918 g/mol. The third-order valence-corrected chi connectivity index (χ3v) is 9.53. The van der Waals surface area contributed by atoms with Crippen LogP contribution in [-0.2, 0) is 71.2 Å². The van der Waals surface area contributed by atoms with E-state index in [-0.39, 0.29) is 39.0 Å². The molecule has 0 spiro atoms. The fourth-order valence-corrected chi connectivity index (χ4v) is 6.89. The summed E-state index contributed by atoms with van der Waals surface area (Å²) in [6.45, 7) is 30.2. The fourth-order valence-electron chi connectivity index (χ4n) is 6.89. The van der Waals surface area contributed by atoms with Crippen LogP contribution in [0.2, 0.25) is 0 Å². The van der Waals surface area contributed by atoms with Crippen LogP contribution in [0.3, 0.4) is 0 Å². The van der Waals surface area contributed by atoms with Gasteiger partial charge in [-0.3, -0.25) is 9.80 Å². The molecular weight excluding hydrogens is 851 g/mol. The number of hydrogen-bond donors (Lipinski definition) is 2. The van der Waals surface area contributed by atoms with Crippen molar-refractivity contribution in [2.45, 2.75) is 66.5 Å². The van der Waals surface area contributed by atoms with Crippen molar-refractivity contribution < 1.29 is 78.6 Å². The Labute approximate surface area is 373 Å². The van der Waals surface area contributed by atoms with Gasteiger partial charge in [-0.1, -0.05) is 24.3 Å². The Morgan fingerprint density at radius 2 is 0.655 bits per heavy atom. The second-order valence-corrected chi connectivity index (χ2v) is 14.6. The summed E-state index contributed by atoms with van der Waals surface area (Å²) in [6.07, 6.45) is 5.09. The second-order valence-electron chi connectivity index (χ2n) is 14.6. The molecule has 6 heterocycles. The van der Waals surface area contributed by atoms with Crippen molar-refractivity contribution in [3.63, 3.8) is 0 Å². The number of benzene rings is 1. The molecule has 0 unspecified atom stereocenters. The topological polar surface area (TPSA) is 204 Å². The van der Waals surface area contributed by atoms with Gasteiger partial charge in [0.25, 0.3) is 0 Å². The van der Waals surface area contributed by atoms with Crippen LogP contribution in [0.15, 0.2) is 24.3 Å². The van der Waals surface area contributed by atoms with Crippen LogP contribution in [0.1, 0.15) is 64.5 Å². The molecule has 0 radical (unpaired) electrons. The molecular formula is C40H70N8O8Zn2. The molecule has 4 bridgehead atoms. The Kier molecular flexibility index (Phi) is 36.9. The summed E-state index contributed by atoms with van der Waals surface area (Å²) in [4.78, 5) is 51.6. The molecule has 0 aliphatic carbocycles. The van der Waals surface area contributed by atoms with Gasteiger partial charge in [-0.2, -0.15) is 0 Å². The van der Waals surface area contributed by atoms with Crippen LogP contribution in [0.5, 0.6) is 0 Å². The molecule has 0 amide bonds. The Morgan fingerprint density at radius 3 is 0.914 bits per heavy atom. The predicted octanol–water partition coefficient (Wildman–Crippen LogP) is -3.69. The minimum Gasteiger partial charge on any atom is -0.550 e. The fraction of sp³-hybridized carbons (Fsp3) is 0.750. The third-order valence-electron chi connectivity index (χ3n) is 9.53. The summed E-state index contributed by atoms with van der Waals surface area (Å²) in [5, 5.41) is 43.0. The van der Waals surface area contributed by atoms with Crippen LogP contribution >= 0.6 is 0 Å². The van der Waals surface area contributed by atoms with Crippen molar-refractivity contribution in [2.24, 2.45) is 0 Å². The predicted molar refractivity (Wildman–Crippen MR) is 210 cm³/mol. The van der Waals surface area contributed by atoms with Gasteiger partial charge in [0.2, 0.25) is 0 Å². The first-order valence-corrected chi connectivity index (χ1v) is 20.3. The van der Waals surface area contributed by atoms with Crippen molar-refractivity contribution in [1.82, 2.24) is 40.0 Å². The quantitative estimate of drug-likeness (QED) is 0.279. The minimum absolute atomic E-state index is 0. The zero-order chi connectivity index (χ0) is 41.6. The number of carbonyl (C=O) groups is 4. The number of carboxylic acid groups (broad SMARTS) is 4. The first kappa shape index (κ1) is 58.1. The largest absolute Gasteiger partial charge is 2.00 e. The van der Waals surface area contributed by atoms with E-state index in [4.69, 9.17) is 39.6 Å². The number of fused-ring (bicyclic) bond motifs is 22. The van der Waals surface area contributed by atoms with Crippen LogP contribution in [0, 0.1) is 0 Å². The van der Waals surface area contributed by atoms with Crippen LogP contribution in [0.25, 0.3) is 0 Å². The number of hydrogen-bond acceptors (Lipinski definition) is 16. The van der Waals surface area contributed by atoms with E-state index in [1.807, 2.05) is 0 Å². The maximum Gasteiger partial charge on any atom is 2.00 e. The minimum atomic E-state index is -1.08. The number of nitrogens with one attached hydrogen (secondary N) is 2. The van der Waals surface area contributed by atoms with E-state index < -0.39 is 23.9 Å². The average molecular weight is 922 g/mol. The average Bonchev–Trinajstić information content (AvgIpc) is 3.12. The van der Waals surface area contributed by atoms with E-state index in [1.165, 1.54) is 128 Å². The maximum absolute atomic E-state index is 8.89. The molecule has 0 atom stereocenters. The van der Waals surface area contributed by atoms with Crippen molar-refractivity contribution in [3.8, 4) is 0 Å². The van der Waals surface area contributed by atoms with E-state index >= 15 is 0 Å². The van der Waals surface area contributed by atoms with E-state index in [9.17, 15) is 0 Å². The van der Waals surface area contributed by atoms with Gasteiger partial charge in [-0.25, -0.2) is 0 Å². The molecule has 1 aromatic carbocycles. The number of rotatable bonds is 4. The summed E-state index contributed by atoms with van der Waals surface area (Å²) in [5.41, 5.74) is 2.92. The number of nitrogens with zero attached hydrogens (tertiary/aromatic N) is 6. The van der Waals surface area contributed by atoms with E-state index in [0.29, 0.717) is 0 Å². The van der Waals surface area contributed by atoms with Gasteiger partial charge >= 0.3 is 39.0 Å². The molecule has 0 aromatic heterocycles. The molecule has 7 rings (SSSR count). The van der Waals surface area contributed by atoms with Crippen LogP contribution < -0.4 is 31.1 Å². The van der Waals surface area contributed by atoms with Gasteiger partial charge in [-0.15, -0.1) is 0 Å². The summed E-state index contributed by atoms with van der Waals surface area (Å²) in [7, 11) is 0. The Bertz CT molecular complexity index is 1070. The molecule has 1 aromatic rings.